The predicted molar refractivity (Wildman–Crippen MR) is 101 cm³/mol. The SMILES string of the molecule is FC(F)(F)c1ccc(N2CCNCC2)c(-c2cnc(N3CCOCC3)nc2)c1. The summed E-state index contributed by atoms with van der Waals surface area (Å²) < 4.78 is 45.2. The first-order valence-corrected chi connectivity index (χ1v) is 9.34. The van der Waals surface area contributed by atoms with Crippen LogP contribution in [0.5, 0.6) is 0 Å². The quantitative estimate of drug-likeness (QED) is 0.865. The fraction of sp³-hybridized carbons (Fsp3) is 0.474. The molecule has 0 bridgehead atoms. The number of alkyl halides is 3. The fourth-order valence-corrected chi connectivity index (χ4v) is 3.51. The highest BCUT2D eigenvalue weighted by atomic mass is 19.4. The number of hydrogen-bond acceptors (Lipinski definition) is 6. The molecular weight excluding hydrogens is 371 g/mol. The highest BCUT2D eigenvalue weighted by molar-refractivity contribution is 5.79. The van der Waals surface area contributed by atoms with Crippen LogP contribution in [0.2, 0.25) is 0 Å². The Morgan fingerprint density at radius 1 is 0.929 bits per heavy atom. The summed E-state index contributed by atoms with van der Waals surface area (Å²) >= 11 is 0. The third-order valence-corrected chi connectivity index (χ3v) is 5.02. The average Bonchev–Trinajstić information content (AvgIpc) is 2.74. The number of aromatic nitrogens is 2. The second-order valence-electron chi connectivity index (χ2n) is 6.84. The lowest BCUT2D eigenvalue weighted by atomic mass is 10.0. The minimum Gasteiger partial charge on any atom is -0.378 e. The monoisotopic (exact) mass is 393 g/mol. The van der Waals surface area contributed by atoms with E-state index >= 15 is 0 Å². The number of morpholine rings is 1. The van der Waals surface area contributed by atoms with Gasteiger partial charge < -0.3 is 19.9 Å². The van der Waals surface area contributed by atoms with Gasteiger partial charge in [0, 0.05) is 68.5 Å². The lowest BCUT2D eigenvalue weighted by Gasteiger charge is -2.31. The molecule has 28 heavy (non-hydrogen) atoms. The molecule has 0 saturated carbocycles. The van der Waals surface area contributed by atoms with Crippen molar-refractivity contribution < 1.29 is 17.9 Å². The zero-order valence-corrected chi connectivity index (χ0v) is 15.4. The van der Waals surface area contributed by atoms with Gasteiger partial charge in [-0.3, -0.25) is 0 Å². The molecule has 0 aliphatic carbocycles. The van der Waals surface area contributed by atoms with Crippen molar-refractivity contribution in [2.45, 2.75) is 6.18 Å². The molecule has 0 unspecified atom stereocenters. The Morgan fingerprint density at radius 2 is 1.61 bits per heavy atom. The molecule has 2 fully saturated rings. The minimum atomic E-state index is -4.40. The molecule has 4 rings (SSSR count). The maximum Gasteiger partial charge on any atom is 0.416 e. The van der Waals surface area contributed by atoms with E-state index in [1.54, 1.807) is 18.5 Å². The molecule has 150 valence electrons. The predicted octanol–water partition coefficient (Wildman–Crippen LogP) is 2.41. The second-order valence-corrected chi connectivity index (χ2v) is 6.84. The van der Waals surface area contributed by atoms with E-state index in [1.165, 1.54) is 6.07 Å². The highest BCUT2D eigenvalue weighted by Gasteiger charge is 2.32. The summed E-state index contributed by atoms with van der Waals surface area (Å²) in [5.41, 5.74) is 1.19. The second kappa shape index (κ2) is 7.92. The first kappa shape index (κ1) is 18.9. The van der Waals surface area contributed by atoms with Gasteiger partial charge in [0.15, 0.2) is 0 Å². The van der Waals surface area contributed by atoms with Gasteiger partial charge in [0.05, 0.1) is 18.8 Å². The number of rotatable bonds is 3. The molecule has 3 heterocycles. The first-order valence-electron chi connectivity index (χ1n) is 9.34. The van der Waals surface area contributed by atoms with Crippen LogP contribution in [0.3, 0.4) is 0 Å². The van der Waals surface area contributed by atoms with Gasteiger partial charge in [-0.05, 0) is 18.2 Å². The molecule has 1 aromatic heterocycles. The Labute approximate surface area is 161 Å². The molecule has 2 aromatic rings. The zero-order chi connectivity index (χ0) is 19.6. The molecule has 2 saturated heterocycles. The van der Waals surface area contributed by atoms with E-state index < -0.39 is 11.7 Å². The number of benzene rings is 1. The first-order chi connectivity index (χ1) is 13.5. The molecule has 0 amide bonds. The summed E-state index contributed by atoms with van der Waals surface area (Å²) in [5, 5.41) is 3.26. The van der Waals surface area contributed by atoms with Gasteiger partial charge in [-0.1, -0.05) is 0 Å². The molecule has 1 aromatic carbocycles. The Kier molecular flexibility index (Phi) is 5.36. The number of anilines is 2. The summed E-state index contributed by atoms with van der Waals surface area (Å²) in [7, 11) is 0. The number of nitrogens with one attached hydrogen (secondary N) is 1. The Morgan fingerprint density at radius 3 is 2.25 bits per heavy atom. The maximum atomic E-state index is 13.3. The smallest absolute Gasteiger partial charge is 0.378 e. The van der Waals surface area contributed by atoms with E-state index in [0.717, 1.165) is 37.9 Å². The lowest BCUT2D eigenvalue weighted by Crippen LogP contribution is -2.43. The number of piperazine rings is 1. The van der Waals surface area contributed by atoms with Crippen LogP contribution in [-0.4, -0.2) is 62.5 Å². The number of hydrogen-bond donors (Lipinski definition) is 1. The van der Waals surface area contributed by atoms with Gasteiger partial charge in [-0.2, -0.15) is 13.2 Å². The van der Waals surface area contributed by atoms with Gasteiger partial charge >= 0.3 is 6.18 Å². The van der Waals surface area contributed by atoms with Gasteiger partial charge in [0.1, 0.15) is 0 Å². The van der Waals surface area contributed by atoms with Crippen LogP contribution in [0.25, 0.3) is 11.1 Å². The van der Waals surface area contributed by atoms with Gasteiger partial charge in [-0.25, -0.2) is 9.97 Å². The van der Waals surface area contributed by atoms with E-state index in [2.05, 4.69) is 20.2 Å². The highest BCUT2D eigenvalue weighted by Crippen LogP contribution is 2.37. The van der Waals surface area contributed by atoms with E-state index in [-0.39, 0.29) is 0 Å². The molecule has 2 aliphatic rings. The van der Waals surface area contributed by atoms with Gasteiger partial charge in [0.25, 0.3) is 0 Å². The number of nitrogens with zero attached hydrogens (tertiary/aromatic N) is 4. The fourth-order valence-electron chi connectivity index (χ4n) is 3.51. The number of ether oxygens (including phenoxy) is 1. The molecule has 0 spiro atoms. The van der Waals surface area contributed by atoms with E-state index in [1.807, 2.05) is 4.90 Å². The maximum absolute atomic E-state index is 13.3. The van der Waals surface area contributed by atoms with Crippen LogP contribution in [0.4, 0.5) is 24.8 Å². The van der Waals surface area contributed by atoms with E-state index in [0.29, 0.717) is 43.4 Å². The number of halogens is 3. The molecule has 0 radical (unpaired) electrons. The van der Waals surface area contributed by atoms with Crippen molar-refractivity contribution in [3.8, 4) is 11.1 Å². The van der Waals surface area contributed by atoms with Gasteiger partial charge in [0.2, 0.25) is 5.95 Å². The third-order valence-electron chi connectivity index (χ3n) is 5.02. The summed E-state index contributed by atoms with van der Waals surface area (Å²) in [6, 6.07) is 3.90. The Bertz CT molecular complexity index is 800. The zero-order valence-electron chi connectivity index (χ0n) is 15.4. The van der Waals surface area contributed by atoms with Gasteiger partial charge in [-0.15, -0.1) is 0 Å². The van der Waals surface area contributed by atoms with Crippen molar-refractivity contribution in [3.05, 3.63) is 36.2 Å². The minimum absolute atomic E-state index is 0.505. The van der Waals surface area contributed by atoms with E-state index in [9.17, 15) is 13.2 Å². The average molecular weight is 393 g/mol. The lowest BCUT2D eigenvalue weighted by molar-refractivity contribution is -0.137. The van der Waals surface area contributed by atoms with Crippen molar-refractivity contribution in [1.82, 2.24) is 15.3 Å². The molecule has 9 heteroatoms. The molecule has 6 nitrogen and oxygen atoms in total. The van der Waals surface area contributed by atoms with Crippen molar-refractivity contribution in [1.29, 1.82) is 0 Å². The van der Waals surface area contributed by atoms with Crippen molar-refractivity contribution in [3.63, 3.8) is 0 Å². The van der Waals surface area contributed by atoms with E-state index in [4.69, 9.17) is 4.74 Å². The Hall–Kier alpha value is -2.39. The van der Waals surface area contributed by atoms with Crippen LogP contribution in [-0.2, 0) is 10.9 Å². The molecule has 1 N–H and O–H groups in total. The normalized spacial score (nSPS) is 18.4. The molecular formula is C19H22F3N5O. The van der Waals surface area contributed by atoms with Crippen LogP contribution >= 0.6 is 0 Å². The Balaban J connectivity index is 1.69. The molecule has 2 aliphatic heterocycles. The van der Waals surface area contributed by atoms with Crippen molar-refractivity contribution in [2.75, 3.05) is 62.3 Å². The largest absolute Gasteiger partial charge is 0.416 e. The third kappa shape index (κ3) is 4.05. The van der Waals surface area contributed by atoms with Crippen molar-refractivity contribution >= 4 is 11.6 Å². The molecule has 0 atom stereocenters. The topological polar surface area (TPSA) is 53.5 Å². The summed E-state index contributed by atoms with van der Waals surface area (Å²) in [5.74, 6) is 0.572. The van der Waals surface area contributed by atoms with Crippen LogP contribution in [0, 0.1) is 0 Å². The summed E-state index contributed by atoms with van der Waals surface area (Å²) in [6.45, 7) is 5.72. The summed E-state index contributed by atoms with van der Waals surface area (Å²) in [6.07, 6.45) is -1.18. The van der Waals surface area contributed by atoms with Crippen LogP contribution < -0.4 is 15.1 Å². The van der Waals surface area contributed by atoms with Crippen LogP contribution in [0.1, 0.15) is 5.56 Å². The van der Waals surface area contributed by atoms with Crippen molar-refractivity contribution in [2.24, 2.45) is 0 Å². The standard InChI is InChI=1S/C19H22F3N5O/c20-19(21,22)15-1-2-17(26-5-3-23-4-6-26)16(11-15)14-12-24-18(25-13-14)27-7-9-28-10-8-27/h1-2,11-13,23H,3-10H2. The summed E-state index contributed by atoms with van der Waals surface area (Å²) in [4.78, 5) is 12.9. The van der Waals surface area contributed by atoms with Crippen LogP contribution in [0.15, 0.2) is 30.6 Å².